The Morgan fingerprint density at radius 1 is 0.766 bits per heavy atom. The number of aromatic nitrogens is 3. The van der Waals surface area contributed by atoms with Crippen LogP contribution in [0.2, 0.25) is 0 Å². The van der Waals surface area contributed by atoms with Gasteiger partial charge in [0, 0.05) is 49.2 Å². The van der Waals surface area contributed by atoms with Gasteiger partial charge in [-0.2, -0.15) is 0 Å². The zero-order valence-electron chi connectivity index (χ0n) is 29.2. The number of rotatable bonds is 13. The molecule has 3 atom stereocenters. The van der Waals surface area contributed by atoms with Gasteiger partial charge in [-0.25, -0.2) is 9.48 Å². The molecule has 1 aromatic heterocycles. The number of esters is 1. The molecule has 15 nitrogen and oxygen atoms in total. The topological polar surface area (TPSA) is 184 Å². The molecule has 0 unspecified atom stereocenters. The third kappa shape index (κ3) is 15.9. The van der Waals surface area contributed by atoms with Gasteiger partial charge in [0.2, 0.25) is 17.7 Å². The standard InChI is InChI=1S/C31H58N10O5.Ni/c1-21(2)26(29(43)36-27(22(3)4)30(44)37-28(23(5)6)31(45)46-7)35-25(42)20-41-19-24(38-39-41)18-40-16-9-12-33-14-13-32-10-8-11-34-15-17-40;/h19,21-23,26-28,32-34H,8-18,20H2,1-7H3,(H,35,42)(H,36,43)(H,37,44);/t26-,27-,28-;/m0./s1. The molecule has 0 aliphatic carbocycles. The molecule has 272 valence electrons. The Balaban J connectivity index is 0.0000110. The van der Waals surface area contributed by atoms with Crippen LogP contribution in [0.4, 0.5) is 0 Å². The smallest absolute Gasteiger partial charge is 0.328 e. The summed E-state index contributed by atoms with van der Waals surface area (Å²) in [5.41, 5.74) is 0.765. The zero-order valence-corrected chi connectivity index (χ0v) is 30.2. The van der Waals surface area contributed by atoms with Gasteiger partial charge in [0.05, 0.1) is 19.0 Å². The maximum absolute atomic E-state index is 13.4. The first-order valence-electron chi connectivity index (χ1n) is 16.6. The Hall–Kier alpha value is -2.65. The molecule has 1 aliphatic rings. The first-order valence-corrected chi connectivity index (χ1v) is 16.6. The van der Waals surface area contributed by atoms with E-state index < -0.39 is 41.8 Å². The Morgan fingerprint density at radius 3 is 1.87 bits per heavy atom. The molecule has 16 heteroatoms. The van der Waals surface area contributed by atoms with Crippen LogP contribution in [0.5, 0.6) is 0 Å². The van der Waals surface area contributed by atoms with E-state index in [1.54, 1.807) is 33.9 Å². The van der Waals surface area contributed by atoms with Crippen LogP contribution in [0.25, 0.3) is 0 Å². The molecule has 6 N–H and O–H groups in total. The number of carbonyl (C=O) groups is 4. The van der Waals surface area contributed by atoms with Gasteiger partial charge in [0.15, 0.2) is 0 Å². The Labute approximate surface area is 290 Å². The molecule has 2 heterocycles. The summed E-state index contributed by atoms with van der Waals surface area (Å²) in [6.07, 6.45) is 3.86. The van der Waals surface area contributed by atoms with Crippen LogP contribution >= 0.6 is 0 Å². The van der Waals surface area contributed by atoms with Crippen molar-refractivity contribution in [1.29, 1.82) is 0 Å². The van der Waals surface area contributed by atoms with Crippen molar-refractivity contribution in [2.24, 2.45) is 17.8 Å². The molecule has 1 aliphatic heterocycles. The summed E-state index contributed by atoms with van der Waals surface area (Å²) in [4.78, 5) is 54.0. The minimum Gasteiger partial charge on any atom is -0.467 e. The van der Waals surface area contributed by atoms with Gasteiger partial charge < -0.3 is 36.6 Å². The molecule has 47 heavy (non-hydrogen) atoms. The number of nitrogens with one attached hydrogen (secondary N) is 6. The van der Waals surface area contributed by atoms with E-state index in [2.05, 4.69) is 47.1 Å². The minimum atomic E-state index is -0.919. The average Bonchev–Trinajstić information content (AvgIpc) is 3.44. The van der Waals surface area contributed by atoms with E-state index in [1.165, 1.54) is 11.8 Å². The summed E-state index contributed by atoms with van der Waals surface area (Å²) in [5.74, 6) is -2.69. The molecule has 0 bridgehead atoms. The second-order valence-electron chi connectivity index (χ2n) is 12.9. The predicted octanol–water partition coefficient (Wildman–Crippen LogP) is -0.764. The molecule has 1 aromatic rings. The maximum Gasteiger partial charge on any atom is 0.328 e. The van der Waals surface area contributed by atoms with E-state index in [4.69, 9.17) is 4.74 Å². The summed E-state index contributed by atoms with van der Waals surface area (Å²) in [6.45, 7) is 18.8. The van der Waals surface area contributed by atoms with Gasteiger partial charge in [-0.1, -0.05) is 46.8 Å². The number of nitrogens with zero attached hydrogens (tertiary/aromatic N) is 4. The van der Waals surface area contributed by atoms with Crippen molar-refractivity contribution in [2.45, 2.75) is 85.6 Å². The number of ether oxygens (including phenoxy) is 1. The summed E-state index contributed by atoms with van der Waals surface area (Å²) in [7, 11) is 1.26. The van der Waals surface area contributed by atoms with E-state index in [0.717, 1.165) is 70.9 Å². The predicted molar refractivity (Wildman–Crippen MR) is 175 cm³/mol. The second kappa shape index (κ2) is 22.8. The molecule has 0 radical (unpaired) electrons. The van der Waals surface area contributed by atoms with Crippen molar-refractivity contribution in [2.75, 3.05) is 59.5 Å². The number of carbonyl (C=O) groups excluding carboxylic acids is 4. The number of hydrogen-bond acceptors (Lipinski definition) is 11. The Kier molecular flexibility index (Phi) is 20.6. The van der Waals surface area contributed by atoms with Gasteiger partial charge in [-0.05, 0) is 56.8 Å². The number of hydrogen-bond donors (Lipinski definition) is 6. The van der Waals surface area contributed by atoms with Crippen LogP contribution in [0.1, 0.15) is 60.1 Å². The van der Waals surface area contributed by atoms with E-state index >= 15 is 0 Å². The normalized spacial score (nSPS) is 17.6. The largest absolute Gasteiger partial charge is 0.467 e. The molecule has 0 spiro atoms. The Morgan fingerprint density at radius 2 is 1.30 bits per heavy atom. The van der Waals surface area contributed by atoms with Crippen molar-refractivity contribution >= 4 is 23.7 Å². The van der Waals surface area contributed by atoms with Gasteiger partial charge in [0.25, 0.3) is 0 Å². The van der Waals surface area contributed by atoms with E-state index in [9.17, 15) is 19.2 Å². The number of methoxy groups -OCH3 is 1. The summed E-state index contributed by atoms with van der Waals surface area (Å²) >= 11 is 0. The maximum atomic E-state index is 13.4. The zero-order chi connectivity index (χ0) is 34.1. The van der Waals surface area contributed by atoms with Crippen LogP contribution in [0, 0.1) is 17.8 Å². The molecule has 2 rings (SSSR count). The molecular weight excluding hydrogens is 651 g/mol. The van der Waals surface area contributed by atoms with Crippen molar-refractivity contribution in [3.63, 3.8) is 0 Å². The van der Waals surface area contributed by atoms with Gasteiger partial charge >= 0.3 is 5.97 Å². The van der Waals surface area contributed by atoms with Crippen molar-refractivity contribution in [1.82, 2.24) is 51.8 Å². The van der Waals surface area contributed by atoms with Crippen molar-refractivity contribution < 1.29 is 40.4 Å². The van der Waals surface area contributed by atoms with Crippen LogP contribution in [0.15, 0.2) is 6.20 Å². The summed E-state index contributed by atoms with van der Waals surface area (Å²) in [6, 6.07) is -2.66. The summed E-state index contributed by atoms with van der Waals surface area (Å²) in [5, 5.41) is 27.1. The Bertz CT molecular complexity index is 1070. The fourth-order valence-corrected chi connectivity index (χ4v) is 5.09. The van der Waals surface area contributed by atoms with E-state index in [1.807, 2.05) is 13.8 Å². The number of amides is 3. The van der Waals surface area contributed by atoms with Crippen LogP contribution in [-0.2, 0) is 53.5 Å². The first kappa shape index (κ1) is 42.4. The van der Waals surface area contributed by atoms with E-state index in [0.29, 0.717) is 6.54 Å². The molecule has 0 saturated carbocycles. The fraction of sp³-hybridized carbons (Fsp3) is 0.806. The van der Waals surface area contributed by atoms with Crippen LogP contribution in [0.3, 0.4) is 0 Å². The van der Waals surface area contributed by atoms with E-state index in [-0.39, 0.29) is 40.8 Å². The second-order valence-corrected chi connectivity index (χ2v) is 12.9. The molecular formula is C31H58N10NiO5. The van der Waals surface area contributed by atoms with Crippen LogP contribution in [-0.4, -0.2) is 121 Å². The fourth-order valence-electron chi connectivity index (χ4n) is 5.09. The van der Waals surface area contributed by atoms with Gasteiger partial charge in [0.1, 0.15) is 24.7 Å². The van der Waals surface area contributed by atoms with Crippen LogP contribution < -0.4 is 31.9 Å². The minimum absolute atomic E-state index is 0. The SMILES string of the molecule is COC(=O)[C@@H](NC(=O)[C@@H](NC(=O)[C@@H](NC(=O)Cn1cc(CN2CCCNCCNCCCNCC2)nn1)C(C)C)C(C)C)C(C)C.[Ni]. The summed E-state index contributed by atoms with van der Waals surface area (Å²) < 4.78 is 6.29. The first-order chi connectivity index (χ1) is 21.9. The molecule has 3 amide bonds. The van der Waals surface area contributed by atoms with Crippen molar-refractivity contribution in [3.8, 4) is 0 Å². The third-order valence-electron chi connectivity index (χ3n) is 7.83. The quantitative estimate of drug-likeness (QED) is 0.112. The third-order valence-corrected chi connectivity index (χ3v) is 7.83. The monoisotopic (exact) mass is 708 g/mol. The van der Waals surface area contributed by atoms with Crippen molar-refractivity contribution in [3.05, 3.63) is 11.9 Å². The average molecular weight is 710 g/mol. The molecule has 1 saturated heterocycles. The molecule has 1 fully saturated rings. The van der Waals surface area contributed by atoms with Gasteiger partial charge in [-0.15, -0.1) is 5.10 Å². The van der Waals surface area contributed by atoms with Gasteiger partial charge in [-0.3, -0.25) is 19.3 Å². The molecule has 0 aromatic carbocycles.